The number of halogens is 3. The van der Waals surface area contributed by atoms with Gasteiger partial charge in [-0.15, -0.1) is 0 Å². The summed E-state index contributed by atoms with van der Waals surface area (Å²) in [6, 6.07) is 2.39. The first kappa shape index (κ1) is 11.0. The van der Waals surface area contributed by atoms with E-state index < -0.39 is 11.9 Å². The molecule has 0 atom stereocenters. The van der Waals surface area contributed by atoms with Crippen LogP contribution in [0.5, 0.6) is 0 Å². The summed E-state index contributed by atoms with van der Waals surface area (Å²) in [5.74, 6) is 0. The van der Waals surface area contributed by atoms with Gasteiger partial charge in [-0.3, -0.25) is 4.98 Å². The highest BCUT2D eigenvalue weighted by Crippen LogP contribution is 2.27. The average Bonchev–Trinajstić information content (AvgIpc) is 2.14. The minimum Gasteiger partial charge on any atom is -0.384 e. The van der Waals surface area contributed by atoms with Crippen molar-refractivity contribution in [1.29, 1.82) is 0 Å². The normalized spacial score (nSPS) is 11.7. The van der Waals surface area contributed by atoms with Crippen molar-refractivity contribution in [1.82, 2.24) is 4.98 Å². The van der Waals surface area contributed by atoms with Gasteiger partial charge in [0.1, 0.15) is 5.69 Å². The van der Waals surface area contributed by atoms with E-state index in [2.05, 4.69) is 4.98 Å². The summed E-state index contributed by atoms with van der Waals surface area (Å²) in [6.07, 6.45) is -2.57. The first-order valence-electron chi connectivity index (χ1n) is 4.05. The van der Waals surface area contributed by atoms with Gasteiger partial charge in [0.15, 0.2) is 0 Å². The highest BCUT2D eigenvalue weighted by molar-refractivity contribution is 5.16. The van der Waals surface area contributed by atoms with Gasteiger partial charge in [-0.2, -0.15) is 13.2 Å². The van der Waals surface area contributed by atoms with Gasteiger partial charge < -0.3 is 4.74 Å². The van der Waals surface area contributed by atoms with Crippen molar-refractivity contribution >= 4 is 0 Å². The quantitative estimate of drug-likeness (QED) is 0.755. The van der Waals surface area contributed by atoms with Crippen LogP contribution in [0.2, 0.25) is 0 Å². The third-order valence-electron chi connectivity index (χ3n) is 1.71. The van der Waals surface area contributed by atoms with Crippen molar-refractivity contribution in [2.75, 3.05) is 13.7 Å². The van der Waals surface area contributed by atoms with Crippen LogP contribution in [0.1, 0.15) is 11.3 Å². The number of methoxy groups -OCH3 is 1. The van der Waals surface area contributed by atoms with Crippen molar-refractivity contribution in [3.05, 3.63) is 29.6 Å². The van der Waals surface area contributed by atoms with Crippen molar-refractivity contribution in [2.45, 2.75) is 12.6 Å². The van der Waals surface area contributed by atoms with Crippen LogP contribution in [0.4, 0.5) is 13.2 Å². The van der Waals surface area contributed by atoms with Gasteiger partial charge in [0.05, 0.1) is 6.61 Å². The van der Waals surface area contributed by atoms with Gasteiger partial charge in [0, 0.05) is 13.3 Å². The molecule has 0 N–H and O–H groups in total. The highest BCUT2D eigenvalue weighted by atomic mass is 19.4. The maximum Gasteiger partial charge on any atom is 0.433 e. The van der Waals surface area contributed by atoms with Crippen LogP contribution in [-0.2, 0) is 17.3 Å². The fourth-order valence-electron chi connectivity index (χ4n) is 0.960. The molecule has 0 aliphatic rings. The molecule has 0 spiro atoms. The van der Waals surface area contributed by atoms with Crippen molar-refractivity contribution in [2.24, 2.45) is 0 Å². The van der Waals surface area contributed by atoms with Crippen LogP contribution in [0, 0.1) is 0 Å². The lowest BCUT2D eigenvalue weighted by molar-refractivity contribution is -0.141. The van der Waals surface area contributed by atoms with Crippen LogP contribution in [0.3, 0.4) is 0 Å². The number of pyridine rings is 1. The minimum atomic E-state index is -4.36. The molecule has 1 rings (SSSR count). The molecule has 0 aromatic carbocycles. The molecular formula is C9H10F3NO. The summed E-state index contributed by atoms with van der Waals surface area (Å²) in [4.78, 5) is 3.32. The topological polar surface area (TPSA) is 22.1 Å². The van der Waals surface area contributed by atoms with E-state index in [1.165, 1.54) is 19.4 Å². The Balaban J connectivity index is 2.69. The Morgan fingerprint density at radius 2 is 2.07 bits per heavy atom. The number of ether oxygens (including phenoxy) is 1. The smallest absolute Gasteiger partial charge is 0.384 e. The number of alkyl halides is 3. The van der Waals surface area contributed by atoms with Crippen molar-refractivity contribution < 1.29 is 17.9 Å². The van der Waals surface area contributed by atoms with Crippen LogP contribution >= 0.6 is 0 Å². The molecule has 1 aromatic rings. The summed E-state index contributed by atoms with van der Waals surface area (Å²) >= 11 is 0. The molecule has 5 heteroatoms. The number of hydrogen-bond acceptors (Lipinski definition) is 2. The van der Waals surface area contributed by atoms with Crippen molar-refractivity contribution in [3.8, 4) is 0 Å². The Hall–Kier alpha value is -1.10. The zero-order valence-corrected chi connectivity index (χ0v) is 7.64. The molecule has 0 amide bonds. The Morgan fingerprint density at radius 1 is 1.36 bits per heavy atom. The molecule has 0 unspecified atom stereocenters. The molecule has 1 aromatic heterocycles. The number of hydrogen-bond donors (Lipinski definition) is 0. The van der Waals surface area contributed by atoms with E-state index in [0.717, 1.165) is 11.6 Å². The lowest BCUT2D eigenvalue weighted by Crippen LogP contribution is -2.08. The monoisotopic (exact) mass is 205 g/mol. The Labute approximate surface area is 79.7 Å². The maximum atomic E-state index is 12.1. The zero-order chi connectivity index (χ0) is 10.6. The van der Waals surface area contributed by atoms with E-state index in [0.29, 0.717) is 13.0 Å². The highest BCUT2D eigenvalue weighted by Gasteiger charge is 2.31. The molecule has 1 heterocycles. The number of aromatic nitrogens is 1. The maximum absolute atomic E-state index is 12.1. The third-order valence-corrected chi connectivity index (χ3v) is 1.71. The molecule has 0 aliphatic carbocycles. The largest absolute Gasteiger partial charge is 0.433 e. The van der Waals surface area contributed by atoms with Crippen LogP contribution in [0.25, 0.3) is 0 Å². The summed E-state index contributed by atoms with van der Waals surface area (Å²) in [5, 5.41) is 0. The van der Waals surface area contributed by atoms with Crippen molar-refractivity contribution in [3.63, 3.8) is 0 Å². The molecule has 78 valence electrons. The van der Waals surface area contributed by atoms with E-state index >= 15 is 0 Å². The lowest BCUT2D eigenvalue weighted by atomic mass is 10.2. The van der Waals surface area contributed by atoms with E-state index in [9.17, 15) is 13.2 Å². The number of nitrogens with zero attached hydrogens (tertiary/aromatic N) is 1. The molecule has 0 saturated heterocycles. The van der Waals surface area contributed by atoms with E-state index in [4.69, 9.17) is 4.74 Å². The Bertz CT molecular complexity index is 281. The molecule has 0 aliphatic heterocycles. The Kier molecular flexibility index (Phi) is 3.46. The predicted octanol–water partition coefficient (Wildman–Crippen LogP) is 2.29. The molecule has 2 nitrogen and oxygen atoms in total. The Morgan fingerprint density at radius 3 is 2.50 bits per heavy atom. The third kappa shape index (κ3) is 2.99. The second-order valence-electron chi connectivity index (χ2n) is 2.79. The van der Waals surface area contributed by atoms with Gasteiger partial charge in [-0.25, -0.2) is 0 Å². The average molecular weight is 205 g/mol. The lowest BCUT2D eigenvalue weighted by Gasteiger charge is -2.05. The van der Waals surface area contributed by atoms with Gasteiger partial charge in [-0.05, 0) is 18.1 Å². The summed E-state index contributed by atoms with van der Waals surface area (Å²) < 4.78 is 41.0. The molecule has 0 fully saturated rings. The van der Waals surface area contributed by atoms with Gasteiger partial charge in [-0.1, -0.05) is 6.07 Å². The molecule has 0 radical (unpaired) electrons. The summed E-state index contributed by atoms with van der Waals surface area (Å²) in [7, 11) is 1.54. The number of rotatable bonds is 3. The molecule has 0 saturated carbocycles. The molecule has 0 bridgehead atoms. The second kappa shape index (κ2) is 4.41. The fourth-order valence-corrected chi connectivity index (χ4v) is 0.960. The second-order valence-corrected chi connectivity index (χ2v) is 2.79. The van der Waals surface area contributed by atoms with Crippen LogP contribution < -0.4 is 0 Å². The summed E-state index contributed by atoms with van der Waals surface area (Å²) in [6.45, 7) is 0.479. The van der Waals surface area contributed by atoms with E-state index in [1.54, 1.807) is 0 Å². The first-order valence-corrected chi connectivity index (χ1v) is 4.05. The summed E-state index contributed by atoms with van der Waals surface area (Å²) in [5.41, 5.74) is -0.126. The van der Waals surface area contributed by atoms with Gasteiger partial charge in [0.2, 0.25) is 0 Å². The molecular weight excluding hydrogens is 195 g/mol. The van der Waals surface area contributed by atoms with Gasteiger partial charge in [0.25, 0.3) is 0 Å². The minimum absolute atomic E-state index is 0.479. The predicted molar refractivity (Wildman–Crippen MR) is 44.8 cm³/mol. The molecule has 14 heavy (non-hydrogen) atoms. The van der Waals surface area contributed by atoms with E-state index in [1.807, 2.05) is 0 Å². The standard InChI is InChI=1S/C9H10F3NO/c1-14-5-4-7-2-3-8(13-6-7)9(10,11)12/h2-3,6H,4-5H2,1H3. The van der Waals surface area contributed by atoms with E-state index in [-0.39, 0.29) is 0 Å². The SMILES string of the molecule is COCCc1ccc(C(F)(F)F)nc1. The van der Waals surface area contributed by atoms with Crippen LogP contribution in [0.15, 0.2) is 18.3 Å². The fraction of sp³-hybridized carbons (Fsp3) is 0.444. The zero-order valence-electron chi connectivity index (χ0n) is 7.64. The van der Waals surface area contributed by atoms with Gasteiger partial charge >= 0.3 is 6.18 Å². The van der Waals surface area contributed by atoms with Crippen LogP contribution in [-0.4, -0.2) is 18.7 Å². The first-order chi connectivity index (χ1) is 6.54.